The lowest BCUT2D eigenvalue weighted by molar-refractivity contribution is -0.904. The fourth-order valence-electron chi connectivity index (χ4n) is 6.12. The Morgan fingerprint density at radius 1 is 1.00 bits per heavy atom. The molecule has 2 aromatic carbocycles. The van der Waals surface area contributed by atoms with Gasteiger partial charge in [0, 0.05) is 47.3 Å². The van der Waals surface area contributed by atoms with Crippen molar-refractivity contribution in [3.63, 3.8) is 0 Å². The van der Waals surface area contributed by atoms with Crippen molar-refractivity contribution in [2.24, 2.45) is 0 Å². The van der Waals surface area contributed by atoms with Crippen LogP contribution in [-0.2, 0) is 22.5 Å². The van der Waals surface area contributed by atoms with Crippen LogP contribution < -0.4 is 19.5 Å². The number of hydrogen-bond acceptors (Lipinski definition) is 10. The van der Waals surface area contributed by atoms with Crippen molar-refractivity contribution in [2.75, 3.05) is 54.6 Å². The molecule has 3 N–H and O–H groups in total. The molecule has 0 aliphatic carbocycles. The summed E-state index contributed by atoms with van der Waals surface area (Å²) in [7, 11) is 7.15. The summed E-state index contributed by atoms with van der Waals surface area (Å²) >= 11 is 14.2. The van der Waals surface area contributed by atoms with Crippen molar-refractivity contribution in [3.8, 4) is 11.5 Å². The number of carboxylic acids is 1. The van der Waals surface area contributed by atoms with Gasteiger partial charge in [-0.2, -0.15) is 0 Å². The quantitative estimate of drug-likeness (QED) is 0.0892. The molecular formula is C36H41Cl2N4O7S+. The molecule has 0 radical (unpaired) electrons. The molecule has 14 heteroatoms. The SMILES string of the molecule is COc1ccc([C@H](Cc2c(Cl)c[n+](O)cc2Cl)c2cc(CNC(C(=O)OC[C@@H]3CN(C)CCN3C)c3ccccc3)sc2C(=O)O)cc1OC. The summed E-state index contributed by atoms with van der Waals surface area (Å²) in [5.41, 5.74) is 2.53. The number of pyridine rings is 1. The summed E-state index contributed by atoms with van der Waals surface area (Å²) in [5, 5.41) is 24.2. The van der Waals surface area contributed by atoms with Gasteiger partial charge in [-0.3, -0.25) is 15.4 Å². The van der Waals surface area contributed by atoms with Crippen molar-refractivity contribution >= 4 is 46.5 Å². The van der Waals surface area contributed by atoms with Crippen molar-refractivity contribution in [1.82, 2.24) is 15.1 Å². The number of aromatic nitrogens is 1. The monoisotopic (exact) mass is 743 g/mol. The second-order valence-corrected chi connectivity index (χ2v) is 14.2. The zero-order valence-corrected chi connectivity index (χ0v) is 30.6. The maximum atomic E-state index is 13.6. The third kappa shape index (κ3) is 8.87. The van der Waals surface area contributed by atoms with E-state index in [1.165, 1.54) is 26.6 Å². The second kappa shape index (κ2) is 16.9. The van der Waals surface area contributed by atoms with Gasteiger partial charge in [0.1, 0.15) is 27.6 Å². The third-order valence-electron chi connectivity index (χ3n) is 8.91. The summed E-state index contributed by atoms with van der Waals surface area (Å²) in [5.74, 6) is -1.07. The van der Waals surface area contributed by atoms with Crippen LogP contribution in [0.15, 0.2) is 67.0 Å². The summed E-state index contributed by atoms with van der Waals surface area (Å²) in [4.78, 5) is 31.6. The van der Waals surface area contributed by atoms with E-state index in [0.717, 1.165) is 46.8 Å². The first-order valence-corrected chi connectivity index (χ1v) is 17.6. The van der Waals surface area contributed by atoms with Gasteiger partial charge in [0.25, 0.3) is 0 Å². The lowest BCUT2D eigenvalue weighted by atomic mass is 9.85. The maximum absolute atomic E-state index is 13.6. The van der Waals surface area contributed by atoms with E-state index in [-0.39, 0.29) is 40.5 Å². The van der Waals surface area contributed by atoms with E-state index < -0.39 is 23.9 Å². The van der Waals surface area contributed by atoms with Gasteiger partial charge in [0.15, 0.2) is 11.5 Å². The number of thiophene rings is 1. The fraction of sp³-hybridized carbons (Fsp3) is 0.361. The maximum Gasteiger partial charge on any atom is 0.346 e. The zero-order valence-electron chi connectivity index (χ0n) is 28.3. The minimum absolute atomic E-state index is 0.0785. The number of aromatic carboxylic acids is 1. The number of benzene rings is 2. The number of methoxy groups -OCH3 is 2. The number of carbonyl (C=O) groups excluding carboxylic acids is 1. The Morgan fingerprint density at radius 3 is 2.36 bits per heavy atom. The number of esters is 1. The van der Waals surface area contributed by atoms with Crippen LogP contribution >= 0.6 is 34.5 Å². The highest BCUT2D eigenvalue weighted by Gasteiger charge is 2.30. The van der Waals surface area contributed by atoms with Crippen LogP contribution in [0.4, 0.5) is 0 Å². The molecule has 0 spiro atoms. The molecule has 1 unspecified atom stereocenters. The number of carboxylic acid groups (broad SMARTS) is 1. The van der Waals surface area contributed by atoms with Gasteiger partial charge in [-0.15, -0.1) is 11.3 Å². The Hall–Kier alpha value is -3.91. The third-order valence-corrected chi connectivity index (χ3v) is 10.7. The van der Waals surface area contributed by atoms with Gasteiger partial charge in [0.05, 0.1) is 20.3 Å². The summed E-state index contributed by atoms with van der Waals surface area (Å²) in [6.07, 6.45) is 2.85. The molecule has 11 nitrogen and oxygen atoms in total. The van der Waals surface area contributed by atoms with Gasteiger partial charge >= 0.3 is 11.9 Å². The molecule has 1 fully saturated rings. The molecule has 5 rings (SSSR count). The van der Waals surface area contributed by atoms with E-state index in [1.54, 1.807) is 12.1 Å². The number of carbonyl (C=O) groups is 2. The molecule has 4 aromatic rings. The van der Waals surface area contributed by atoms with Crippen LogP contribution in [0, 0.1) is 0 Å². The Labute approximate surface area is 305 Å². The van der Waals surface area contributed by atoms with E-state index in [9.17, 15) is 19.9 Å². The van der Waals surface area contributed by atoms with E-state index in [2.05, 4.69) is 22.2 Å². The van der Waals surface area contributed by atoms with Gasteiger partial charge in [-0.25, -0.2) is 9.59 Å². The standard InChI is InChI=1S/C36H40Cl2N4O7S/c1-40-12-13-41(2)24(18-40)21-49-36(45)33(22-8-6-5-7-9-22)39-17-25-15-27(34(50-25)35(43)44)26(16-28-29(37)19-42(46)20-30(28)38)23-10-11-31(47-3)32(14-23)48-4/h5-11,14-15,19-20,24,26,33,39H,12-13,16-18,21H2,1-4H3,(H-,43,44,46)/p+1/t24-,26-,33?/m0/s1. The van der Waals surface area contributed by atoms with Gasteiger partial charge in [-0.1, -0.05) is 59.6 Å². The normalized spacial score (nSPS) is 16.5. The predicted molar refractivity (Wildman–Crippen MR) is 191 cm³/mol. The number of ether oxygens (including phenoxy) is 3. The molecule has 3 atom stereocenters. The summed E-state index contributed by atoms with van der Waals surface area (Å²) in [6.45, 7) is 3.09. The van der Waals surface area contributed by atoms with E-state index >= 15 is 0 Å². The van der Waals surface area contributed by atoms with Gasteiger partial charge < -0.3 is 24.2 Å². The molecule has 0 bridgehead atoms. The molecule has 1 saturated heterocycles. The number of nitrogens with one attached hydrogen (secondary N) is 1. The smallest absolute Gasteiger partial charge is 0.346 e. The molecular weight excluding hydrogens is 703 g/mol. The molecule has 0 amide bonds. The van der Waals surface area contributed by atoms with Crippen LogP contribution in [0.25, 0.3) is 0 Å². The lowest BCUT2D eigenvalue weighted by Crippen LogP contribution is -2.52. The Kier molecular flexibility index (Phi) is 12.6. The first kappa shape index (κ1) is 37.3. The van der Waals surface area contributed by atoms with Crippen LogP contribution in [0.1, 0.15) is 48.8 Å². The topological polar surface area (TPSA) is 125 Å². The van der Waals surface area contributed by atoms with Crippen LogP contribution in [-0.4, -0.2) is 92.7 Å². The van der Waals surface area contributed by atoms with E-state index in [1.807, 2.05) is 49.5 Å². The highest BCUT2D eigenvalue weighted by molar-refractivity contribution is 7.14. The Morgan fingerprint density at radius 2 is 1.70 bits per heavy atom. The van der Waals surface area contributed by atoms with Gasteiger partial charge in [0.2, 0.25) is 12.4 Å². The first-order valence-electron chi connectivity index (χ1n) is 16.0. The Bertz CT molecular complexity index is 1790. The van der Waals surface area contributed by atoms with E-state index in [0.29, 0.717) is 27.5 Å². The number of likely N-dealkylation sites (N-methyl/N-ethyl adjacent to an activating group) is 2. The van der Waals surface area contributed by atoms with Crippen molar-refractivity contribution < 1.29 is 38.8 Å². The average Bonchev–Trinajstić information content (AvgIpc) is 3.53. The largest absolute Gasteiger partial charge is 0.493 e. The number of piperazine rings is 1. The fourth-order valence-corrected chi connectivity index (χ4v) is 7.73. The van der Waals surface area contributed by atoms with Crippen LogP contribution in [0.3, 0.4) is 0 Å². The number of nitrogens with zero attached hydrogens (tertiary/aromatic N) is 3. The Balaban J connectivity index is 1.46. The second-order valence-electron chi connectivity index (χ2n) is 12.2. The average molecular weight is 745 g/mol. The number of hydrogen-bond donors (Lipinski definition) is 3. The minimum Gasteiger partial charge on any atom is -0.493 e. The molecule has 0 saturated carbocycles. The highest BCUT2D eigenvalue weighted by Crippen LogP contribution is 2.41. The molecule has 266 valence electrons. The molecule has 50 heavy (non-hydrogen) atoms. The minimum atomic E-state index is -1.10. The molecule has 1 aliphatic heterocycles. The molecule has 3 heterocycles. The van der Waals surface area contributed by atoms with Crippen molar-refractivity contribution in [3.05, 3.63) is 109 Å². The summed E-state index contributed by atoms with van der Waals surface area (Å²) < 4.78 is 17.7. The zero-order chi connectivity index (χ0) is 35.9. The highest BCUT2D eigenvalue weighted by atomic mass is 35.5. The molecule has 1 aliphatic rings. The number of halogens is 2. The van der Waals surface area contributed by atoms with Crippen molar-refractivity contribution in [1.29, 1.82) is 0 Å². The van der Waals surface area contributed by atoms with Crippen molar-refractivity contribution in [2.45, 2.75) is 31.0 Å². The number of rotatable bonds is 14. The summed E-state index contributed by atoms with van der Waals surface area (Å²) in [6, 6.07) is 15.8. The lowest BCUT2D eigenvalue weighted by Gasteiger charge is -2.37. The first-order chi connectivity index (χ1) is 24.0. The predicted octanol–water partition coefficient (Wildman–Crippen LogP) is 5.29. The van der Waals surface area contributed by atoms with Gasteiger partial charge in [-0.05, 0) is 55.4 Å². The van der Waals surface area contributed by atoms with Crippen LogP contribution in [0.2, 0.25) is 10.0 Å². The molecule has 2 aromatic heterocycles. The van der Waals surface area contributed by atoms with E-state index in [4.69, 9.17) is 37.4 Å². The van der Waals surface area contributed by atoms with Crippen LogP contribution in [0.5, 0.6) is 11.5 Å².